The van der Waals surface area contributed by atoms with Gasteiger partial charge in [-0.2, -0.15) is 0 Å². The van der Waals surface area contributed by atoms with E-state index in [0.717, 1.165) is 39.3 Å². The van der Waals surface area contributed by atoms with E-state index in [1.54, 1.807) is 0 Å². The second-order valence-corrected chi connectivity index (χ2v) is 7.71. The highest BCUT2D eigenvalue weighted by molar-refractivity contribution is 5.90. The van der Waals surface area contributed by atoms with Crippen molar-refractivity contribution in [1.29, 1.82) is 0 Å². The molecule has 0 saturated heterocycles. The average Bonchev–Trinajstić information content (AvgIpc) is 3.19. The standard InChI is InChI=1S/C27H31N3/c1-2-29-22-30(20-12-19-28-21-23-13-6-3-7-14-23)27(25-17-10-5-11-18-25)26(29)24-15-8-4-9-16-24/h3-11,13-18,28H,2,12,19-22H2,1H3. The highest BCUT2D eigenvalue weighted by Gasteiger charge is 2.29. The molecule has 154 valence electrons. The zero-order valence-electron chi connectivity index (χ0n) is 17.8. The van der Waals surface area contributed by atoms with Crippen LogP contribution in [0.4, 0.5) is 0 Å². The van der Waals surface area contributed by atoms with Crippen molar-refractivity contribution in [3.63, 3.8) is 0 Å². The third-order valence-corrected chi connectivity index (χ3v) is 5.63. The van der Waals surface area contributed by atoms with Crippen LogP contribution in [0.25, 0.3) is 11.4 Å². The lowest BCUT2D eigenvalue weighted by molar-refractivity contribution is 0.284. The minimum atomic E-state index is 0.929. The number of nitrogens with one attached hydrogen (secondary N) is 1. The molecule has 1 aliphatic heterocycles. The molecule has 4 rings (SSSR count). The molecular weight excluding hydrogens is 366 g/mol. The van der Waals surface area contributed by atoms with Crippen LogP contribution in [-0.2, 0) is 6.54 Å². The Balaban J connectivity index is 1.49. The summed E-state index contributed by atoms with van der Waals surface area (Å²) in [4.78, 5) is 5.04. The number of rotatable bonds is 9. The predicted molar refractivity (Wildman–Crippen MR) is 126 cm³/mol. The summed E-state index contributed by atoms with van der Waals surface area (Å²) in [6, 6.07) is 32.3. The molecule has 0 radical (unpaired) electrons. The first-order valence-corrected chi connectivity index (χ1v) is 11.0. The highest BCUT2D eigenvalue weighted by atomic mass is 15.4. The summed E-state index contributed by atoms with van der Waals surface area (Å²) in [6.45, 7) is 7.18. The van der Waals surface area contributed by atoms with Crippen LogP contribution in [0.5, 0.6) is 0 Å². The summed E-state index contributed by atoms with van der Waals surface area (Å²) in [5.41, 5.74) is 6.63. The van der Waals surface area contributed by atoms with E-state index >= 15 is 0 Å². The van der Waals surface area contributed by atoms with Crippen molar-refractivity contribution in [3.05, 3.63) is 108 Å². The molecule has 0 fully saturated rings. The van der Waals surface area contributed by atoms with E-state index in [1.165, 1.54) is 28.1 Å². The van der Waals surface area contributed by atoms with E-state index < -0.39 is 0 Å². The summed E-state index contributed by atoms with van der Waals surface area (Å²) in [5.74, 6) is 0. The fraction of sp³-hybridized carbons (Fsp3) is 0.259. The van der Waals surface area contributed by atoms with Gasteiger partial charge in [0.2, 0.25) is 0 Å². The molecule has 0 spiro atoms. The molecule has 0 unspecified atom stereocenters. The number of benzene rings is 3. The number of hydrogen-bond acceptors (Lipinski definition) is 3. The van der Waals surface area contributed by atoms with Crippen LogP contribution < -0.4 is 5.32 Å². The normalized spacial score (nSPS) is 13.9. The van der Waals surface area contributed by atoms with Crippen LogP contribution in [-0.4, -0.2) is 36.1 Å². The van der Waals surface area contributed by atoms with Gasteiger partial charge in [0.15, 0.2) is 0 Å². The lowest BCUT2D eigenvalue weighted by Gasteiger charge is -2.23. The quantitative estimate of drug-likeness (QED) is 0.495. The maximum atomic E-state index is 3.59. The lowest BCUT2D eigenvalue weighted by Crippen LogP contribution is -2.29. The van der Waals surface area contributed by atoms with E-state index in [0.29, 0.717) is 0 Å². The molecule has 0 bridgehead atoms. The number of nitrogens with zero attached hydrogens (tertiary/aromatic N) is 2. The van der Waals surface area contributed by atoms with Crippen molar-refractivity contribution < 1.29 is 0 Å². The minimum Gasteiger partial charge on any atom is -0.352 e. The van der Waals surface area contributed by atoms with E-state index in [4.69, 9.17) is 0 Å². The van der Waals surface area contributed by atoms with Crippen LogP contribution in [0.2, 0.25) is 0 Å². The second-order valence-electron chi connectivity index (χ2n) is 7.71. The third kappa shape index (κ3) is 4.74. The largest absolute Gasteiger partial charge is 0.352 e. The van der Waals surface area contributed by atoms with Crippen molar-refractivity contribution in [2.45, 2.75) is 19.9 Å². The Morgan fingerprint density at radius 3 is 1.80 bits per heavy atom. The van der Waals surface area contributed by atoms with Gasteiger partial charge in [0.25, 0.3) is 0 Å². The molecule has 1 heterocycles. The zero-order chi connectivity index (χ0) is 20.6. The third-order valence-electron chi connectivity index (χ3n) is 5.63. The molecule has 30 heavy (non-hydrogen) atoms. The summed E-state index contributed by atoms with van der Waals surface area (Å²) in [5, 5.41) is 3.59. The fourth-order valence-electron chi connectivity index (χ4n) is 4.14. The number of hydrogen-bond donors (Lipinski definition) is 1. The lowest BCUT2D eigenvalue weighted by atomic mass is 10.0. The molecule has 3 nitrogen and oxygen atoms in total. The first kappa shape index (κ1) is 20.2. The molecule has 0 amide bonds. The Hall–Kier alpha value is -3.04. The van der Waals surface area contributed by atoms with E-state index in [2.05, 4.69) is 113 Å². The molecule has 3 aromatic carbocycles. The molecule has 0 atom stereocenters. The van der Waals surface area contributed by atoms with Gasteiger partial charge in [-0.1, -0.05) is 91.0 Å². The summed E-state index contributed by atoms with van der Waals surface area (Å²) in [7, 11) is 0. The maximum absolute atomic E-state index is 3.59. The van der Waals surface area contributed by atoms with Crippen LogP contribution in [0.1, 0.15) is 30.0 Å². The molecule has 0 aliphatic carbocycles. The van der Waals surface area contributed by atoms with Gasteiger partial charge in [0, 0.05) is 19.6 Å². The molecule has 0 saturated carbocycles. The predicted octanol–water partition coefficient (Wildman–Crippen LogP) is 5.29. The highest BCUT2D eigenvalue weighted by Crippen LogP contribution is 2.37. The van der Waals surface area contributed by atoms with Gasteiger partial charge in [-0.05, 0) is 36.6 Å². The minimum absolute atomic E-state index is 0.929. The van der Waals surface area contributed by atoms with Gasteiger partial charge in [-0.25, -0.2) is 0 Å². The Morgan fingerprint density at radius 2 is 1.23 bits per heavy atom. The first-order valence-electron chi connectivity index (χ1n) is 11.0. The SMILES string of the molecule is CCN1CN(CCCNCc2ccccc2)C(c2ccccc2)=C1c1ccccc1. The van der Waals surface area contributed by atoms with Gasteiger partial charge in [-0.15, -0.1) is 0 Å². The Kier molecular flexibility index (Phi) is 6.83. The van der Waals surface area contributed by atoms with Crippen molar-refractivity contribution in [2.24, 2.45) is 0 Å². The Morgan fingerprint density at radius 1 is 0.700 bits per heavy atom. The Bertz CT molecular complexity index is 936. The fourth-order valence-corrected chi connectivity index (χ4v) is 4.14. The van der Waals surface area contributed by atoms with E-state index in [1.807, 2.05) is 0 Å². The molecular formula is C27H31N3. The van der Waals surface area contributed by atoms with E-state index in [-0.39, 0.29) is 0 Å². The van der Waals surface area contributed by atoms with Crippen LogP contribution >= 0.6 is 0 Å². The van der Waals surface area contributed by atoms with E-state index in [9.17, 15) is 0 Å². The maximum Gasteiger partial charge on any atom is 0.0904 e. The van der Waals surface area contributed by atoms with Crippen molar-refractivity contribution in [3.8, 4) is 0 Å². The topological polar surface area (TPSA) is 18.5 Å². The van der Waals surface area contributed by atoms with Gasteiger partial charge >= 0.3 is 0 Å². The summed E-state index contributed by atoms with van der Waals surface area (Å²) < 4.78 is 0. The van der Waals surface area contributed by atoms with Crippen LogP contribution in [0.3, 0.4) is 0 Å². The average molecular weight is 398 g/mol. The molecule has 1 N–H and O–H groups in total. The molecule has 3 heteroatoms. The van der Waals surface area contributed by atoms with Crippen molar-refractivity contribution in [1.82, 2.24) is 15.1 Å². The Labute approximate surface area is 180 Å². The molecule has 3 aromatic rings. The van der Waals surface area contributed by atoms with Crippen LogP contribution in [0.15, 0.2) is 91.0 Å². The van der Waals surface area contributed by atoms with Gasteiger partial charge in [-0.3, -0.25) is 0 Å². The van der Waals surface area contributed by atoms with Crippen molar-refractivity contribution in [2.75, 3.05) is 26.3 Å². The summed E-state index contributed by atoms with van der Waals surface area (Å²) >= 11 is 0. The monoisotopic (exact) mass is 397 g/mol. The molecule has 1 aliphatic rings. The first-order chi connectivity index (χ1) is 14.9. The van der Waals surface area contributed by atoms with Gasteiger partial charge in [0.1, 0.15) is 0 Å². The summed E-state index contributed by atoms with van der Waals surface area (Å²) in [6.07, 6.45) is 1.11. The van der Waals surface area contributed by atoms with Gasteiger partial charge < -0.3 is 15.1 Å². The van der Waals surface area contributed by atoms with Gasteiger partial charge in [0.05, 0.1) is 18.1 Å². The zero-order valence-corrected chi connectivity index (χ0v) is 17.8. The molecule has 0 aromatic heterocycles. The smallest absolute Gasteiger partial charge is 0.0904 e. The second kappa shape index (κ2) is 10.1. The van der Waals surface area contributed by atoms with Crippen molar-refractivity contribution >= 4 is 11.4 Å². The van der Waals surface area contributed by atoms with Crippen LogP contribution in [0, 0.1) is 0 Å².